The largest absolute Gasteiger partial charge is 0.396 e. The Labute approximate surface area is 70.8 Å². The number of allylic oxidation sites excluding steroid dienone is 1. The van der Waals surface area contributed by atoms with Crippen molar-refractivity contribution in [2.45, 2.75) is 6.92 Å². The third-order valence-electron chi connectivity index (χ3n) is 1.32. The molecule has 0 saturated heterocycles. The maximum Gasteiger partial charge on any atom is 0.182 e. The third kappa shape index (κ3) is 1.95. The minimum absolute atomic E-state index is 0.529. The number of nitrogens with zero attached hydrogens (tertiary/aromatic N) is 2. The summed E-state index contributed by atoms with van der Waals surface area (Å²) in [5.41, 5.74) is 6.97. The zero-order chi connectivity index (χ0) is 8.97. The minimum atomic E-state index is 0.529. The molecule has 4 nitrogen and oxygen atoms in total. The number of aromatic nitrogens is 1. The molecule has 1 aromatic rings. The van der Waals surface area contributed by atoms with E-state index in [0.717, 1.165) is 5.69 Å². The van der Waals surface area contributed by atoms with Crippen LogP contribution in [0, 0.1) is 6.92 Å². The van der Waals surface area contributed by atoms with Gasteiger partial charge >= 0.3 is 0 Å². The van der Waals surface area contributed by atoms with E-state index >= 15 is 0 Å². The van der Waals surface area contributed by atoms with Crippen molar-refractivity contribution < 1.29 is 4.52 Å². The first-order valence-electron chi connectivity index (χ1n) is 3.55. The molecule has 0 aliphatic heterocycles. The van der Waals surface area contributed by atoms with Gasteiger partial charge in [-0.05, 0) is 13.0 Å². The maximum absolute atomic E-state index is 5.63. The van der Waals surface area contributed by atoms with Crippen LogP contribution in [0.1, 0.15) is 11.5 Å². The van der Waals surface area contributed by atoms with Gasteiger partial charge in [-0.1, -0.05) is 5.16 Å². The van der Waals surface area contributed by atoms with Crippen molar-refractivity contribution in [3.63, 3.8) is 0 Å². The van der Waals surface area contributed by atoms with Gasteiger partial charge in [0.1, 0.15) is 0 Å². The monoisotopic (exact) mass is 165 g/mol. The summed E-state index contributed by atoms with van der Waals surface area (Å²) in [6, 6.07) is 1.77. The molecular weight excluding hydrogens is 154 g/mol. The highest BCUT2D eigenvalue weighted by molar-refractivity contribution is 5.81. The molecule has 0 spiro atoms. The molecule has 0 saturated carbocycles. The Kier molecular flexibility index (Phi) is 2.63. The summed E-state index contributed by atoms with van der Waals surface area (Å²) < 4.78 is 4.92. The van der Waals surface area contributed by atoms with Crippen molar-refractivity contribution in [3.05, 3.63) is 23.6 Å². The average molecular weight is 165 g/mol. The van der Waals surface area contributed by atoms with Crippen LogP contribution in [0.25, 0.3) is 5.70 Å². The topological polar surface area (TPSA) is 64.4 Å². The van der Waals surface area contributed by atoms with Crippen molar-refractivity contribution in [2.75, 3.05) is 7.05 Å². The SMILES string of the molecule is CN=C/C=C(\N)c1cc(C)no1. The van der Waals surface area contributed by atoms with Crippen LogP contribution >= 0.6 is 0 Å². The highest BCUT2D eigenvalue weighted by atomic mass is 16.5. The number of aryl methyl sites for hydroxylation is 1. The van der Waals surface area contributed by atoms with Crippen molar-refractivity contribution in [2.24, 2.45) is 10.7 Å². The Bertz CT molecular complexity index is 312. The summed E-state index contributed by atoms with van der Waals surface area (Å²) >= 11 is 0. The van der Waals surface area contributed by atoms with Crippen LogP contribution in [0.3, 0.4) is 0 Å². The average Bonchev–Trinajstić information content (AvgIpc) is 2.47. The standard InChI is InChI=1S/C8H11N3O/c1-6-5-8(12-11-6)7(9)3-4-10-2/h3-5H,9H2,1-2H3/b7-3-,10-4?. The molecule has 0 fully saturated rings. The molecular formula is C8H11N3O. The van der Waals surface area contributed by atoms with Gasteiger partial charge in [-0.25, -0.2) is 0 Å². The lowest BCUT2D eigenvalue weighted by Crippen LogP contribution is -1.94. The van der Waals surface area contributed by atoms with Gasteiger partial charge in [-0.2, -0.15) is 0 Å². The zero-order valence-electron chi connectivity index (χ0n) is 7.11. The molecule has 1 aromatic heterocycles. The molecule has 0 unspecified atom stereocenters. The second-order valence-electron chi connectivity index (χ2n) is 2.36. The predicted octanol–water partition coefficient (Wildman–Crippen LogP) is 0.983. The van der Waals surface area contributed by atoms with Gasteiger partial charge in [0.25, 0.3) is 0 Å². The summed E-state index contributed by atoms with van der Waals surface area (Å²) in [4.78, 5) is 3.76. The lowest BCUT2D eigenvalue weighted by Gasteiger charge is -1.89. The highest BCUT2D eigenvalue weighted by Crippen LogP contribution is 2.08. The van der Waals surface area contributed by atoms with Crippen LogP contribution in [-0.2, 0) is 0 Å². The van der Waals surface area contributed by atoms with Crippen molar-refractivity contribution in [1.82, 2.24) is 5.16 Å². The van der Waals surface area contributed by atoms with E-state index in [4.69, 9.17) is 10.3 Å². The zero-order valence-corrected chi connectivity index (χ0v) is 7.11. The fourth-order valence-electron chi connectivity index (χ4n) is 0.737. The molecule has 64 valence electrons. The number of aliphatic imine (C=N–C) groups is 1. The van der Waals surface area contributed by atoms with Crippen LogP contribution < -0.4 is 5.73 Å². The molecule has 0 aliphatic rings. The molecule has 0 aliphatic carbocycles. The summed E-state index contributed by atoms with van der Waals surface area (Å²) in [6.07, 6.45) is 3.27. The third-order valence-corrected chi connectivity index (χ3v) is 1.32. The molecule has 1 rings (SSSR count). The summed E-state index contributed by atoms with van der Waals surface area (Å²) in [6.45, 7) is 1.84. The molecule has 12 heavy (non-hydrogen) atoms. The van der Waals surface area contributed by atoms with Gasteiger partial charge in [0.15, 0.2) is 5.76 Å². The Hall–Kier alpha value is -1.58. The molecule has 0 aromatic carbocycles. The van der Waals surface area contributed by atoms with Gasteiger partial charge in [0.05, 0.1) is 11.4 Å². The maximum atomic E-state index is 5.63. The molecule has 1 heterocycles. The first-order valence-corrected chi connectivity index (χ1v) is 3.55. The van der Waals surface area contributed by atoms with E-state index in [1.54, 1.807) is 25.4 Å². The molecule has 2 N–H and O–H groups in total. The van der Waals surface area contributed by atoms with Crippen molar-refractivity contribution in [1.29, 1.82) is 0 Å². The summed E-state index contributed by atoms with van der Waals surface area (Å²) in [7, 11) is 1.68. The molecule has 0 atom stereocenters. The Morgan fingerprint density at radius 1 is 1.75 bits per heavy atom. The fourth-order valence-corrected chi connectivity index (χ4v) is 0.737. The summed E-state index contributed by atoms with van der Waals surface area (Å²) in [5, 5.41) is 3.71. The van der Waals surface area contributed by atoms with E-state index < -0.39 is 0 Å². The smallest absolute Gasteiger partial charge is 0.182 e. The Morgan fingerprint density at radius 2 is 2.50 bits per heavy atom. The van der Waals surface area contributed by atoms with Crippen molar-refractivity contribution in [3.8, 4) is 0 Å². The van der Waals surface area contributed by atoms with E-state index in [1.165, 1.54) is 0 Å². The van der Waals surface area contributed by atoms with Gasteiger partial charge in [0.2, 0.25) is 0 Å². The molecule has 0 radical (unpaired) electrons. The van der Waals surface area contributed by atoms with Crippen LogP contribution in [0.5, 0.6) is 0 Å². The highest BCUT2D eigenvalue weighted by Gasteiger charge is 2.01. The van der Waals surface area contributed by atoms with Crippen LogP contribution in [0.4, 0.5) is 0 Å². The quantitative estimate of drug-likeness (QED) is 0.664. The minimum Gasteiger partial charge on any atom is -0.396 e. The van der Waals surface area contributed by atoms with Gasteiger partial charge in [-0.15, -0.1) is 0 Å². The van der Waals surface area contributed by atoms with Crippen LogP contribution in [0.15, 0.2) is 21.7 Å². The molecule has 4 heteroatoms. The summed E-state index contributed by atoms with van der Waals surface area (Å²) in [5.74, 6) is 0.576. The van der Waals surface area contributed by atoms with Crippen molar-refractivity contribution >= 4 is 11.9 Å². The molecule has 0 bridgehead atoms. The molecule has 0 amide bonds. The lowest BCUT2D eigenvalue weighted by atomic mass is 10.3. The number of rotatable bonds is 2. The van der Waals surface area contributed by atoms with Crippen LogP contribution in [0.2, 0.25) is 0 Å². The lowest BCUT2D eigenvalue weighted by molar-refractivity contribution is 0.405. The van der Waals surface area contributed by atoms with Crippen LogP contribution in [-0.4, -0.2) is 18.4 Å². The Morgan fingerprint density at radius 3 is 3.00 bits per heavy atom. The number of nitrogens with two attached hydrogens (primary N) is 1. The van der Waals surface area contributed by atoms with Gasteiger partial charge in [-0.3, -0.25) is 4.99 Å². The Balaban J connectivity index is 2.84. The van der Waals surface area contributed by atoms with Gasteiger partial charge in [0, 0.05) is 19.3 Å². The van der Waals surface area contributed by atoms with E-state index in [1.807, 2.05) is 6.92 Å². The fraction of sp³-hybridized carbons (Fsp3) is 0.250. The predicted molar refractivity (Wildman–Crippen MR) is 47.8 cm³/mol. The van der Waals surface area contributed by atoms with E-state index in [-0.39, 0.29) is 0 Å². The first-order chi connectivity index (χ1) is 5.74. The van der Waals surface area contributed by atoms with Gasteiger partial charge < -0.3 is 10.3 Å². The van der Waals surface area contributed by atoms with E-state index in [0.29, 0.717) is 11.5 Å². The second-order valence-corrected chi connectivity index (χ2v) is 2.36. The number of hydrogen-bond acceptors (Lipinski definition) is 4. The second kappa shape index (κ2) is 3.71. The van der Waals surface area contributed by atoms with E-state index in [2.05, 4.69) is 10.1 Å². The number of hydrogen-bond donors (Lipinski definition) is 1. The van der Waals surface area contributed by atoms with E-state index in [9.17, 15) is 0 Å². The first kappa shape index (κ1) is 8.52. The normalized spacial score (nSPS) is 12.7.